The molecule has 12 aromatic carbocycles. The van der Waals surface area contributed by atoms with Crippen LogP contribution < -0.4 is 26.2 Å². The van der Waals surface area contributed by atoms with Gasteiger partial charge >= 0.3 is 0 Å². The Kier molecular flexibility index (Phi) is 13.3. The molecule has 590 valence electrons. The van der Waals surface area contributed by atoms with Gasteiger partial charge in [-0.25, -0.2) is 0 Å². The molecule has 12 aromatic rings. The summed E-state index contributed by atoms with van der Waals surface area (Å²) in [6, 6.07) is 3.72. The van der Waals surface area contributed by atoms with Crippen molar-refractivity contribution in [1.82, 2.24) is 0 Å². The Morgan fingerprint density at radius 2 is 0.470 bits per heavy atom. The highest BCUT2D eigenvalue weighted by molar-refractivity contribution is 7.00. The summed E-state index contributed by atoms with van der Waals surface area (Å²) in [7, 11) is 0. The molecule has 2 nitrogen and oxygen atoms in total. The van der Waals surface area contributed by atoms with Gasteiger partial charge in [-0.05, 0) is 230 Å². The zero-order chi connectivity index (χ0) is 108. The second kappa shape index (κ2) is 28.6. The molecular formula is C112H129BN2. The molecule has 2 aliphatic rings. The summed E-state index contributed by atoms with van der Waals surface area (Å²) in [5, 5.41) is 0. The highest BCUT2D eigenvalue weighted by atomic mass is 15.2. The van der Waals surface area contributed by atoms with Crippen molar-refractivity contribution >= 4 is 57.2 Å². The maximum absolute atomic E-state index is 11.7. The van der Waals surface area contributed by atoms with Gasteiger partial charge in [0.1, 0.15) is 0 Å². The van der Waals surface area contributed by atoms with Gasteiger partial charge in [-0.15, -0.1) is 0 Å². The van der Waals surface area contributed by atoms with Crippen molar-refractivity contribution < 1.29 is 38.4 Å². The molecule has 0 N–H and O–H groups in total. The van der Waals surface area contributed by atoms with E-state index in [9.17, 15) is 35.6 Å². The van der Waals surface area contributed by atoms with E-state index in [0.29, 0.717) is 5.56 Å². The molecule has 0 spiro atoms. The molecule has 0 saturated heterocycles. The van der Waals surface area contributed by atoms with Crippen molar-refractivity contribution in [2.75, 3.05) is 9.80 Å². The molecule has 2 aliphatic heterocycles. The van der Waals surface area contributed by atoms with Gasteiger partial charge in [0.2, 0.25) is 0 Å². The van der Waals surface area contributed by atoms with Crippen LogP contribution in [0.25, 0.3) is 77.9 Å². The molecule has 0 radical (unpaired) electrons. The maximum Gasteiger partial charge on any atom is 0.252 e. The van der Waals surface area contributed by atoms with Crippen molar-refractivity contribution in [2.45, 2.75) is 262 Å². The number of nitrogens with zero attached hydrogens (tertiary/aromatic N) is 2. The van der Waals surface area contributed by atoms with E-state index in [2.05, 4.69) is 6.07 Å². The lowest BCUT2D eigenvalue weighted by Gasteiger charge is -2.46. The van der Waals surface area contributed by atoms with Crippen LogP contribution in [0.2, 0.25) is 0 Å². The normalized spacial score (nSPS) is 17.2. The van der Waals surface area contributed by atoms with Crippen molar-refractivity contribution in [2.24, 2.45) is 0 Å². The topological polar surface area (TPSA) is 6.48 Å². The SMILES string of the molecule is [2H]c1c([2H])c([2H])c(-c2ccc3c(c2)N(c2c(-c4c([2H])c([2H])c(C(C)(C)C)c([2H])c4[2H])c([2H])c(C(C)(C)C)c([2H])c2-c2c([2H])c(C(C)(C)C)c([2H])c(C(C)(C)C)c2[2H])c2cc(-c4cc(C(C)(C)C)cc(C(C)(C)C)c4)cc4c2B3c2ccc(-c3c([2H])c([2H])c([2H])c([2H])c3[2H])cc2N4c2c(-c3c([2H])c([2H])c(C(C)(C)C)c([2H])c3[2H])c([2H])c(C(C)(C)C)c([2H])c2-c2c([2H])c(C(C)(C)C)c([2H])c(C(C)(C)C)c2[2H])c([2H])c1[2H]. The van der Waals surface area contributed by atoms with Crippen molar-refractivity contribution in [1.29, 1.82) is 0 Å². The second-order valence-electron chi connectivity index (χ2n) is 41.8. The third-order valence-electron chi connectivity index (χ3n) is 21.8. The fraction of sp³-hybridized carbons (Fsp3) is 0.357. The zero-order valence-electron chi connectivity index (χ0n) is 101. The molecule has 14 rings (SSSR count). The molecule has 0 saturated carbocycles. The molecule has 0 aromatic heterocycles. The molecule has 0 amide bonds. The van der Waals surface area contributed by atoms with E-state index in [1.54, 1.807) is 129 Å². The highest BCUT2D eigenvalue weighted by Gasteiger charge is 2.47. The Labute approximate surface area is 733 Å². The van der Waals surface area contributed by atoms with E-state index < -0.39 is 240 Å². The molecule has 0 bridgehead atoms. The van der Waals surface area contributed by atoms with Crippen LogP contribution in [0.5, 0.6) is 0 Å². The van der Waals surface area contributed by atoms with Crippen molar-refractivity contribution in [3.8, 4) is 77.9 Å². The molecule has 0 fully saturated rings. The third-order valence-corrected chi connectivity index (χ3v) is 21.8. The van der Waals surface area contributed by atoms with Crippen molar-refractivity contribution in [3.05, 3.63) is 292 Å². The van der Waals surface area contributed by atoms with Crippen LogP contribution in [0.1, 0.15) is 302 Å². The first-order valence-corrected chi connectivity index (χ1v) is 40.3. The number of anilines is 6. The van der Waals surface area contributed by atoms with Crippen LogP contribution >= 0.6 is 0 Å². The summed E-state index contributed by atoms with van der Waals surface area (Å²) in [6.07, 6.45) is 0. The van der Waals surface area contributed by atoms with Gasteiger partial charge in [0, 0.05) is 45.0 Å². The third kappa shape index (κ3) is 16.1. The first kappa shape index (κ1) is 53.5. The second-order valence-corrected chi connectivity index (χ2v) is 41.8. The lowest BCUT2D eigenvalue weighted by atomic mass is 9.33. The quantitative estimate of drug-likeness (QED) is 0.133. The fourth-order valence-corrected chi connectivity index (χ4v) is 14.7. The fourth-order valence-electron chi connectivity index (χ4n) is 14.7. The van der Waals surface area contributed by atoms with E-state index >= 15 is 0 Å². The first-order chi connectivity index (χ1) is 65.1. The largest absolute Gasteiger partial charge is 0.310 e. The van der Waals surface area contributed by atoms with Gasteiger partial charge in [0.05, 0.1) is 49.8 Å². The van der Waals surface area contributed by atoms with Crippen molar-refractivity contribution in [3.63, 3.8) is 0 Å². The first-order valence-electron chi connectivity index (χ1n) is 54.3. The summed E-state index contributed by atoms with van der Waals surface area (Å²) >= 11 is 0. The molecule has 0 atom stereocenters. The number of hydrogen-bond acceptors (Lipinski definition) is 2. The molecule has 3 heteroatoms. The minimum Gasteiger partial charge on any atom is -0.310 e. The van der Waals surface area contributed by atoms with Crippen LogP contribution in [0.15, 0.2) is 236 Å². The lowest BCUT2D eigenvalue weighted by Crippen LogP contribution is -2.61. The minimum atomic E-state index is -1.38. The Bertz CT molecular complexity index is 6890. The molecule has 115 heavy (non-hydrogen) atoms. The molecule has 2 heterocycles. The Morgan fingerprint density at radius 3 is 0.757 bits per heavy atom. The summed E-state index contributed by atoms with van der Waals surface area (Å²) in [4.78, 5) is 3.30. The summed E-state index contributed by atoms with van der Waals surface area (Å²) in [5.41, 5.74) is -12.1. The van der Waals surface area contributed by atoms with Gasteiger partial charge in [0.25, 0.3) is 6.71 Å². The van der Waals surface area contributed by atoms with E-state index in [4.69, 9.17) is 2.74 Å². The Hall–Kier alpha value is -9.70. The van der Waals surface area contributed by atoms with E-state index in [-0.39, 0.29) is 157 Å². The number of rotatable bonds is 9. The van der Waals surface area contributed by atoms with Crippen LogP contribution in [-0.4, -0.2) is 6.71 Å². The van der Waals surface area contributed by atoms with E-state index in [1.165, 1.54) is 0 Å². The number of hydrogen-bond donors (Lipinski definition) is 0. The molecular weight excluding hydrogens is 1380 g/mol. The Balaban J connectivity index is 1.45. The maximum atomic E-state index is 11.7. The van der Waals surface area contributed by atoms with E-state index in [0.717, 1.165) is 11.1 Å². The summed E-state index contributed by atoms with van der Waals surface area (Å²) < 4.78 is 293. The lowest BCUT2D eigenvalue weighted by molar-refractivity contribution is 0.568. The summed E-state index contributed by atoms with van der Waals surface area (Å²) in [5.74, 6) is 0. The molecule has 0 unspecified atom stereocenters. The molecule has 0 aliphatic carbocycles. The smallest absolute Gasteiger partial charge is 0.252 e. The van der Waals surface area contributed by atoms with Crippen LogP contribution in [0.3, 0.4) is 0 Å². The van der Waals surface area contributed by atoms with Crippen LogP contribution in [0.4, 0.5) is 34.1 Å². The van der Waals surface area contributed by atoms with E-state index in [1.807, 2.05) is 149 Å². The van der Waals surface area contributed by atoms with Gasteiger partial charge in [-0.3, -0.25) is 0 Å². The standard InChI is InChI=1S/C112H129BN2/c1-103(2,3)80-47-41-72(42-48-80)90-66-88(111(25,26)27)68-92(78-55-84(107(13,14)15)64-85(56-78)108(16,17)18)101(90)114-96-59-74(70-37-33-31-34-38-70)45-51-94(96)113-95-52-46-75(71-39-35-32-36-40-71)60-97(95)115(99-62-77(61-98(114)100(99)113)76-53-82(105(7,8)9)63-83(54-76)106(10,11)12)102-91(73-43-49-81(50-44-73)104(4,5)6)67-89(112(28,29)30)69-93(102)79-57-86(109(19,20)21)65-87(58-79)110(22,23)24/h31-69H,1-30H3/i31D,32D,33D,34D,35D,36D,37D,38D,39D,40D,41D,42D,43D,44D,47D,48D,49D,50D,55D,56D,57D,58D,64D,65D,66D,67D,68D,69D. The van der Waals surface area contributed by atoms with Crippen LogP contribution in [-0.2, 0) is 54.1 Å². The van der Waals surface area contributed by atoms with Gasteiger partial charge in [-0.2, -0.15) is 0 Å². The predicted molar refractivity (Wildman–Crippen MR) is 506 cm³/mol. The zero-order valence-corrected chi connectivity index (χ0v) is 73.3. The minimum absolute atomic E-state index is 0.00186. The Morgan fingerprint density at radius 1 is 0.209 bits per heavy atom. The monoisotopic (exact) mass is 1540 g/mol. The number of benzene rings is 12. The predicted octanol–water partition coefficient (Wildman–Crippen LogP) is 30.4. The average Bonchev–Trinajstić information content (AvgIpc) is 0.673. The van der Waals surface area contributed by atoms with Gasteiger partial charge in [-0.1, -0.05) is 395 Å². The number of fused-ring (bicyclic) bond motifs is 4. The highest BCUT2D eigenvalue weighted by Crippen LogP contribution is 2.57. The van der Waals surface area contributed by atoms with Gasteiger partial charge in [0.15, 0.2) is 0 Å². The van der Waals surface area contributed by atoms with Gasteiger partial charge < -0.3 is 9.80 Å². The summed E-state index contributed by atoms with van der Waals surface area (Å²) in [6.45, 7) is 53.7. The average molecular weight is 1540 g/mol. The van der Waals surface area contributed by atoms with Crippen LogP contribution in [0, 0.1) is 0 Å².